The fraction of sp³-hybridized carbons (Fsp3) is 0.733. The Kier molecular flexibility index (Phi) is 4.75. The lowest BCUT2D eigenvalue weighted by atomic mass is 9.92. The van der Waals surface area contributed by atoms with Crippen LogP contribution in [-0.4, -0.2) is 35.6 Å². The summed E-state index contributed by atoms with van der Waals surface area (Å²) in [6, 6.07) is 2.60. The molecule has 4 nitrogen and oxygen atoms in total. The zero-order chi connectivity index (χ0) is 13.8. The molecule has 1 aromatic rings. The normalized spacial score (nSPS) is 21.5. The summed E-state index contributed by atoms with van der Waals surface area (Å²) in [5.74, 6) is 1.60. The van der Waals surface area contributed by atoms with Gasteiger partial charge in [-0.05, 0) is 52.1 Å². The first-order valence-electron chi connectivity index (χ1n) is 7.40. The van der Waals surface area contributed by atoms with Gasteiger partial charge in [0, 0.05) is 30.5 Å². The van der Waals surface area contributed by atoms with E-state index in [1.807, 2.05) is 19.9 Å². The summed E-state index contributed by atoms with van der Waals surface area (Å²) in [5, 5.41) is 3.54. The molecule has 1 N–H and O–H groups in total. The zero-order valence-corrected chi connectivity index (χ0v) is 12.6. The van der Waals surface area contributed by atoms with Gasteiger partial charge in [-0.1, -0.05) is 6.92 Å². The predicted octanol–water partition coefficient (Wildman–Crippen LogP) is 2.31. The standard InChI is InChI=1S/C15H26N4/c1-5-16-13(4)14-7-6-8-19(10-14)15-17-11(2)9-12(3)18-15/h9,13-14,16H,5-8,10H2,1-4H3. The highest BCUT2D eigenvalue weighted by Gasteiger charge is 2.25. The molecule has 2 heterocycles. The Morgan fingerprint density at radius 3 is 2.68 bits per heavy atom. The minimum absolute atomic E-state index is 0.568. The van der Waals surface area contributed by atoms with Crippen LogP contribution in [0.3, 0.4) is 0 Å². The van der Waals surface area contributed by atoms with Crippen LogP contribution in [-0.2, 0) is 0 Å². The van der Waals surface area contributed by atoms with Crippen LogP contribution in [0.5, 0.6) is 0 Å². The Balaban J connectivity index is 2.08. The largest absolute Gasteiger partial charge is 0.340 e. The van der Waals surface area contributed by atoms with Crippen LogP contribution in [0.25, 0.3) is 0 Å². The van der Waals surface area contributed by atoms with Gasteiger partial charge in [0.25, 0.3) is 0 Å². The monoisotopic (exact) mass is 262 g/mol. The quantitative estimate of drug-likeness (QED) is 0.904. The average Bonchev–Trinajstić information content (AvgIpc) is 2.38. The molecule has 1 aromatic heterocycles. The van der Waals surface area contributed by atoms with Gasteiger partial charge in [0.2, 0.25) is 5.95 Å². The van der Waals surface area contributed by atoms with Crippen molar-refractivity contribution in [1.29, 1.82) is 0 Å². The Labute approximate surface area is 116 Å². The van der Waals surface area contributed by atoms with Gasteiger partial charge in [-0.15, -0.1) is 0 Å². The predicted molar refractivity (Wildman–Crippen MR) is 79.6 cm³/mol. The van der Waals surface area contributed by atoms with Gasteiger partial charge in [-0.2, -0.15) is 0 Å². The van der Waals surface area contributed by atoms with E-state index in [-0.39, 0.29) is 0 Å². The molecule has 0 aliphatic carbocycles. The molecule has 0 spiro atoms. The first kappa shape index (κ1) is 14.3. The Morgan fingerprint density at radius 2 is 2.05 bits per heavy atom. The average molecular weight is 262 g/mol. The van der Waals surface area contributed by atoms with Gasteiger partial charge in [-0.3, -0.25) is 0 Å². The number of nitrogens with zero attached hydrogens (tertiary/aromatic N) is 3. The Hall–Kier alpha value is -1.16. The van der Waals surface area contributed by atoms with E-state index in [2.05, 4.69) is 34.0 Å². The lowest BCUT2D eigenvalue weighted by Crippen LogP contribution is -2.45. The molecular weight excluding hydrogens is 236 g/mol. The summed E-state index contributed by atoms with van der Waals surface area (Å²) in [6.45, 7) is 11.7. The summed E-state index contributed by atoms with van der Waals surface area (Å²) in [4.78, 5) is 11.5. The van der Waals surface area contributed by atoms with Gasteiger partial charge in [0.05, 0.1) is 0 Å². The van der Waals surface area contributed by atoms with E-state index < -0.39 is 0 Å². The summed E-state index contributed by atoms with van der Waals surface area (Å²) in [5.41, 5.74) is 2.12. The van der Waals surface area contributed by atoms with Crippen LogP contribution in [0, 0.1) is 19.8 Å². The number of rotatable bonds is 4. The van der Waals surface area contributed by atoms with Crippen molar-refractivity contribution in [2.24, 2.45) is 5.92 Å². The number of hydrogen-bond acceptors (Lipinski definition) is 4. The summed E-state index contributed by atoms with van der Waals surface area (Å²) >= 11 is 0. The molecule has 2 unspecified atom stereocenters. The van der Waals surface area contributed by atoms with Crippen LogP contribution in [0.1, 0.15) is 38.1 Å². The molecule has 19 heavy (non-hydrogen) atoms. The number of aryl methyl sites for hydroxylation is 2. The SMILES string of the molecule is CCNC(C)C1CCCN(c2nc(C)cc(C)n2)C1. The van der Waals surface area contributed by atoms with Crippen LogP contribution in [0.4, 0.5) is 5.95 Å². The second kappa shape index (κ2) is 6.33. The van der Waals surface area contributed by atoms with Crippen LogP contribution >= 0.6 is 0 Å². The van der Waals surface area contributed by atoms with E-state index in [4.69, 9.17) is 0 Å². The second-order valence-corrected chi connectivity index (χ2v) is 5.65. The molecular formula is C15H26N4. The van der Waals surface area contributed by atoms with E-state index in [1.54, 1.807) is 0 Å². The molecule has 0 aromatic carbocycles. The molecule has 1 aliphatic heterocycles. The fourth-order valence-corrected chi connectivity index (χ4v) is 2.94. The fourth-order valence-electron chi connectivity index (χ4n) is 2.94. The highest BCUT2D eigenvalue weighted by atomic mass is 15.3. The summed E-state index contributed by atoms with van der Waals surface area (Å²) in [7, 11) is 0. The molecule has 2 atom stereocenters. The van der Waals surface area contributed by atoms with Gasteiger partial charge in [0.1, 0.15) is 0 Å². The van der Waals surface area contributed by atoms with Crippen LogP contribution < -0.4 is 10.2 Å². The third-order valence-corrected chi connectivity index (χ3v) is 3.94. The number of nitrogens with one attached hydrogen (secondary N) is 1. The van der Waals surface area contributed by atoms with Crippen molar-refractivity contribution in [2.45, 2.75) is 46.6 Å². The molecule has 1 fully saturated rings. The maximum atomic E-state index is 4.59. The number of aromatic nitrogens is 2. The third kappa shape index (κ3) is 3.66. The lowest BCUT2D eigenvalue weighted by molar-refractivity contribution is 0.322. The van der Waals surface area contributed by atoms with Crippen molar-refractivity contribution >= 4 is 5.95 Å². The highest BCUT2D eigenvalue weighted by Crippen LogP contribution is 2.23. The number of anilines is 1. The van der Waals surface area contributed by atoms with E-state index in [0.717, 1.165) is 37.0 Å². The molecule has 0 radical (unpaired) electrons. The van der Waals surface area contributed by atoms with E-state index >= 15 is 0 Å². The minimum Gasteiger partial charge on any atom is -0.340 e. The maximum Gasteiger partial charge on any atom is 0.225 e. The topological polar surface area (TPSA) is 41.0 Å². The molecule has 2 rings (SSSR count). The molecule has 4 heteroatoms. The van der Waals surface area contributed by atoms with E-state index in [1.165, 1.54) is 12.8 Å². The van der Waals surface area contributed by atoms with Crippen molar-refractivity contribution in [3.8, 4) is 0 Å². The van der Waals surface area contributed by atoms with Crippen LogP contribution in [0.2, 0.25) is 0 Å². The third-order valence-electron chi connectivity index (χ3n) is 3.94. The molecule has 1 aliphatic rings. The molecule has 1 saturated heterocycles. The van der Waals surface area contributed by atoms with Crippen molar-refractivity contribution in [2.75, 3.05) is 24.5 Å². The second-order valence-electron chi connectivity index (χ2n) is 5.65. The van der Waals surface area contributed by atoms with Gasteiger partial charge in [0.15, 0.2) is 0 Å². The minimum atomic E-state index is 0.568. The first-order chi connectivity index (χ1) is 9.10. The molecule has 106 valence electrons. The molecule has 0 amide bonds. The zero-order valence-electron chi connectivity index (χ0n) is 12.6. The molecule has 0 bridgehead atoms. The molecule has 0 saturated carbocycles. The first-order valence-corrected chi connectivity index (χ1v) is 7.40. The van der Waals surface area contributed by atoms with Crippen molar-refractivity contribution < 1.29 is 0 Å². The van der Waals surface area contributed by atoms with Crippen LogP contribution in [0.15, 0.2) is 6.07 Å². The number of hydrogen-bond donors (Lipinski definition) is 1. The highest BCUT2D eigenvalue weighted by molar-refractivity contribution is 5.33. The van der Waals surface area contributed by atoms with Gasteiger partial charge < -0.3 is 10.2 Å². The van der Waals surface area contributed by atoms with Gasteiger partial charge >= 0.3 is 0 Å². The smallest absolute Gasteiger partial charge is 0.225 e. The lowest BCUT2D eigenvalue weighted by Gasteiger charge is -2.36. The maximum absolute atomic E-state index is 4.59. The van der Waals surface area contributed by atoms with Crippen molar-refractivity contribution in [3.63, 3.8) is 0 Å². The van der Waals surface area contributed by atoms with E-state index in [0.29, 0.717) is 12.0 Å². The van der Waals surface area contributed by atoms with Crippen molar-refractivity contribution in [3.05, 3.63) is 17.5 Å². The Morgan fingerprint density at radius 1 is 1.37 bits per heavy atom. The summed E-state index contributed by atoms with van der Waals surface area (Å²) < 4.78 is 0. The van der Waals surface area contributed by atoms with Gasteiger partial charge in [-0.25, -0.2) is 9.97 Å². The van der Waals surface area contributed by atoms with E-state index in [9.17, 15) is 0 Å². The Bertz CT molecular complexity index is 398. The summed E-state index contributed by atoms with van der Waals surface area (Å²) in [6.07, 6.45) is 2.53. The number of piperidine rings is 1. The van der Waals surface area contributed by atoms with Crippen molar-refractivity contribution in [1.82, 2.24) is 15.3 Å².